The van der Waals surface area contributed by atoms with Crippen molar-refractivity contribution in [1.29, 1.82) is 5.26 Å². The van der Waals surface area contributed by atoms with Gasteiger partial charge in [-0.25, -0.2) is 4.98 Å². The number of aromatic nitrogens is 1. The third kappa shape index (κ3) is 8.07. The number of likely N-dealkylation sites (tertiary alicyclic amines) is 1. The number of nitrogens with zero attached hydrogens (tertiary/aromatic N) is 7. The molecule has 1 spiro atoms. The van der Waals surface area contributed by atoms with Crippen molar-refractivity contribution >= 4 is 52.4 Å². The van der Waals surface area contributed by atoms with E-state index in [1.807, 2.05) is 23.1 Å². The number of pyridine rings is 1. The molecule has 324 valence electrons. The first kappa shape index (κ1) is 41.3. The number of imide groups is 2. The lowest BCUT2D eigenvalue weighted by molar-refractivity contribution is -0.138. The minimum absolute atomic E-state index is 0.0852. The van der Waals surface area contributed by atoms with E-state index in [1.54, 1.807) is 24.4 Å². The van der Waals surface area contributed by atoms with Crippen molar-refractivity contribution in [1.82, 2.24) is 20.1 Å². The molecule has 0 aliphatic carbocycles. The van der Waals surface area contributed by atoms with E-state index in [1.165, 1.54) is 12.1 Å². The Labute approximate surface area is 357 Å². The van der Waals surface area contributed by atoms with Crippen LogP contribution < -0.4 is 25.3 Å². The number of fused-ring (bicyclic) bond motifs is 1. The highest BCUT2D eigenvalue weighted by atomic mass is 19.4. The predicted octanol–water partition coefficient (Wildman–Crippen LogP) is 5.05. The van der Waals surface area contributed by atoms with Crippen molar-refractivity contribution in [2.75, 3.05) is 78.9 Å². The number of amides is 5. The molecule has 5 amide bonds. The van der Waals surface area contributed by atoms with Crippen LogP contribution in [0.5, 0.6) is 0 Å². The summed E-state index contributed by atoms with van der Waals surface area (Å²) in [6, 6.07) is 13.5. The molecule has 7 heterocycles. The summed E-state index contributed by atoms with van der Waals surface area (Å²) in [7, 11) is 0. The van der Waals surface area contributed by atoms with E-state index >= 15 is 0 Å². The van der Waals surface area contributed by atoms with Crippen LogP contribution in [0, 0.1) is 28.6 Å². The molecule has 3 aromatic rings. The van der Waals surface area contributed by atoms with E-state index < -0.39 is 47.0 Å². The number of carbonyl (C=O) groups excluding carboxylic acids is 5. The van der Waals surface area contributed by atoms with Crippen molar-refractivity contribution in [3.63, 3.8) is 0 Å². The minimum atomic E-state index is -4.62. The van der Waals surface area contributed by atoms with Crippen LogP contribution in [0.15, 0.2) is 54.7 Å². The summed E-state index contributed by atoms with van der Waals surface area (Å²) in [5.41, 5.74) is 1.86. The predicted molar refractivity (Wildman–Crippen MR) is 222 cm³/mol. The molecule has 2 N–H and O–H groups in total. The van der Waals surface area contributed by atoms with E-state index in [2.05, 4.69) is 30.3 Å². The summed E-state index contributed by atoms with van der Waals surface area (Å²) in [6.45, 7) is 7.66. The van der Waals surface area contributed by atoms with Gasteiger partial charge in [0.2, 0.25) is 17.7 Å². The highest BCUT2D eigenvalue weighted by Crippen LogP contribution is 2.43. The van der Waals surface area contributed by atoms with Gasteiger partial charge in [-0.1, -0.05) is 0 Å². The first-order chi connectivity index (χ1) is 29.8. The molecule has 17 heteroatoms. The molecule has 5 saturated heterocycles. The molecule has 6 aliphatic heterocycles. The Bertz CT molecular complexity index is 2320. The second kappa shape index (κ2) is 16.4. The summed E-state index contributed by atoms with van der Waals surface area (Å²) < 4.78 is 40.5. The maximum atomic E-state index is 13.5. The van der Waals surface area contributed by atoms with Gasteiger partial charge in [-0.2, -0.15) is 18.4 Å². The molecule has 1 unspecified atom stereocenters. The third-order valence-corrected chi connectivity index (χ3v) is 13.9. The summed E-state index contributed by atoms with van der Waals surface area (Å²) >= 11 is 0. The molecular formula is C45H48F3N9O5. The van der Waals surface area contributed by atoms with Gasteiger partial charge in [-0.15, -0.1) is 0 Å². The first-order valence-electron chi connectivity index (χ1n) is 21.5. The molecule has 5 fully saturated rings. The molecule has 9 rings (SSSR count). The number of carbonyl (C=O) groups is 5. The Morgan fingerprint density at radius 3 is 2.08 bits per heavy atom. The fourth-order valence-corrected chi connectivity index (χ4v) is 10.3. The van der Waals surface area contributed by atoms with Crippen molar-refractivity contribution in [3.8, 4) is 6.07 Å². The monoisotopic (exact) mass is 851 g/mol. The summed E-state index contributed by atoms with van der Waals surface area (Å²) in [6.07, 6.45) is 2.61. The van der Waals surface area contributed by atoms with Gasteiger partial charge < -0.3 is 24.9 Å². The number of anilines is 4. The van der Waals surface area contributed by atoms with Crippen LogP contribution >= 0.6 is 0 Å². The fourth-order valence-electron chi connectivity index (χ4n) is 10.3. The Morgan fingerprint density at radius 2 is 1.44 bits per heavy atom. The number of rotatable bonds is 8. The number of nitrogens with one attached hydrogen (secondary N) is 2. The molecule has 0 radical (unpaired) electrons. The molecule has 0 saturated carbocycles. The SMILES string of the molecule is N#Cc1ccc(N2CCC(C(=O)Nc3ccc(N4CCC5(CC4)CN(CC4CCN(c6ccc7c(c6)C(=O)N(C6CCC(=O)NC6=O)C7=O)CC4)C5)cn3)CC2)cc1C(F)(F)F. The molecule has 1 atom stereocenters. The topological polar surface area (TPSA) is 162 Å². The Balaban J connectivity index is 0.691. The van der Waals surface area contributed by atoms with Crippen molar-refractivity contribution in [2.24, 2.45) is 17.3 Å². The summed E-state index contributed by atoms with van der Waals surface area (Å²) in [5, 5.41) is 14.3. The van der Waals surface area contributed by atoms with E-state index in [0.29, 0.717) is 59.9 Å². The molecule has 62 heavy (non-hydrogen) atoms. The number of piperidine rings is 4. The number of benzene rings is 2. The molecule has 0 bridgehead atoms. The normalized spacial score (nSPS) is 22.4. The van der Waals surface area contributed by atoms with Gasteiger partial charge in [0.15, 0.2) is 0 Å². The zero-order valence-corrected chi connectivity index (χ0v) is 34.3. The first-order valence-corrected chi connectivity index (χ1v) is 21.5. The number of hydrogen-bond acceptors (Lipinski definition) is 11. The van der Waals surface area contributed by atoms with Crippen LogP contribution in [0.3, 0.4) is 0 Å². The lowest BCUT2D eigenvalue weighted by atomic mass is 9.71. The second-order valence-corrected chi connectivity index (χ2v) is 17.8. The summed E-state index contributed by atoms with van der Waals surface area (Å²) in [5.74, 6) is -1.40. The van der Waals surface area contributed by atoms with Crippen LogP contribution in [0.4, 0.5) is 36.1 Å². The fraction of sp³-hybridized carbons (Fsp3) is 0.489. The van der Waals surface area contributed by atoms with E-state index in [4.69, 9.17) is 5.26 Å². The van der Waals surface area contributed by atoms with Crippen LogP contribution in [-0.2, 0) is 20.6 Å². The van der Waals surface area contributed by atoms with Crippen LogP contribution in [0.1, 0.15) is 83.2 Å². The van der Waals surface area contributed by atoms with Gasteiger partial charge in [0.05, 0.1) is 40.2 Å². The largest absolute Gasteiger partial charge is 0.417 e. The molecule has 2 aromatic carbocycles. The number of nitriles is 1. The smallest absolute Gasteiger partial charge is 0.371 e. The van der Waals surface area contributed by atoms with Crippen molar-refractivity contribution in [2.45, 2.75) is 63.6 Å². The van der Waals surface area contributed by atoms with Crippen LogP contribution in [-0.4, -0.2) is 109 Å². The molecular weight excluding hydrogens is 804 g/mol. The zero-order chi connectivity index (χ0) is 43.3. The van der Waals surface area contributed by atoms with Crippen molar-refractivity contribution < 1.29 is 37.1 Å². The quantitative estimate of drug-likeness (QED) is 0.292. The van der Waals surface area contributed by atoms with Gasteiger partial charge in [-0.3, -0.25) is 34.2 Å². The van der Waals surface area contributed by atoms with Crippen LogP contribution in [0.2, 0.25) is 0 Å². The van der Waals surface area contributed by atoms with E-state index in [0.717, 1.165) is 93.8 Å². The highest BCUT2D eigenvalue weighted by Gasteiger charge is 2.47. The van der Waals surface area contributed by atoms with Crippen LogP contribution in [0.25, 0.3) is 0 Å². The molecule has 14 nitrogen and oxygen atoms in total. The lowest BCUT2D eigenvalue weighted by Gasteiger charge is -2.55. The molecule has 1 aromatic heterocycles. The Kier molecular flexibility index (Phi) is 10.9. The average molecular weight is 852 g/mol. The standard InChI is InChI=1S/C45H48F3N9O5/c46-45(47,48)36-22-32(2-1-30(36)23-49)55-17-11-29(12-18-55)40(59)51-38-7-4-33(24-50-38)56-19-13-44(14-20-56)26-53(27-44)25-28-9-15-54(16-10-28)31-3-5-34-35(21-31)43(62)57(42(34)61)37-6-8-39(58)52-41(37)60/h1-5,7,21-22,24,28-29,37H,6,8-20,25-27H2,(H,50,51,59)(H,52,58,60). The number of halogens is 3. The minimum Gasteiger partial charge on any atom is -0.371 e. The second-order valence-electron chi connectivity index (χ2n) is 17.8. The van der Waals surface area contributed by atoms with Gasteiger partial charge in [0, 0.05) is 82.6 Å². The molecule has 6 aliphatic rings. The Hall–Kier alpha value is -6.02. The van der Waals surface area contributed by atoms with Gasteiger partial charge in [-0.05, 0) is 105 Å². The number of hydrogen-bond donors (Lipinski definition) is 2. The Morgan fingerprint density at radius 1 is 0.806 bits per heavy atom. The van der Waals surface area contributed by atoms with E-state index in [9.17, 15) is 37.1 Å². The average Bonchev–Trinajstić information content (AvgIpc) is 3.51. The summed E-state index contributed by atoms with van der Waals surface area (Å²) in [4.78, 5) is 78.2. The maximum Gasteiger partial charge on any atom is 0.417 e. The van der Waals surface area contributed by atoms with E-state index in [-0.39, 0.29) is 24.7 Å². The third-order valence-electron chi connectivity index (χ3n) is 13.9. The zero-order valence-electron chi connectivity index (χ0n) is 34.3. The van der Waals surface area contributed by atoms with Gasteiger partial charge in [0.25, 0.3) is 11.8 Å². The maximum absolute atomic E-state index is 13.5. The number of alkyl halides is 3. The lowest BCUT2D eigenvalue weighted by Crippen LogP contribution is -2.61. The van der Waals surface area contributed by atoms with Crippen molar-refractivity contribution in [3.05, 3.63) is 77.0 Å². The highest BCUT2D eigenvalue weighted by molar-refractivity contribution is 6.23. The van der Waals surface area contributed by atoms with Gasteiger partial charge >= 0.3 is 6.18 Å². The van der Waals surface area contributed by atoms with Gasteiger partial charge in [0.1, 0.15) is 11.9 Å².